The van der Waals surface area contributed by atoms with Crippen LogP contribution in [-0.4, -0.2) is 31.3 Å². The van der Waals surface area contributed by atoms with Crippen LogP contribution >= 0.6 is 0 Å². The summed E-state index contributed by atoms with van der Waals surface area (Å²) in [4.78, 5) is 11.2. The van der Waals surface area contributed by atoms with Crippen LogP contribution in [0.3, 0.4) is 0 Å². The van der Waals surface area contributed by atoms with Crippen LogP contribution in [0.15, 0.2) is 24.3 Å². The monoisotopic (exact) mass is 286 g/mol. The summed E-state index contributed by atoms with van der Waals surface area (Å²) in [5.74, 6) is -0.359. The summed E-state index contributed by atoms with van der Waals surface area (Å²) in [5.41, 5.74) is 2.66. The molecule has 2 atom stereocenters. The summed E-state index contributed by atoms with van der Waals surface area (Å²) in [7, 11) is 0. The number of aromatic nitrogens is 4. The van der Waals surface area contributed by atoms with Crippen molar-refractivity contribution in [1.29, 1.82) is 0 Å². The fraction of sp³-hybridized carbons (Fsp3) is 0.467. The first kappa shape index (κ1) is 13.7. The molecular weight excluding hydrogens is 268 g/mol. The Kier molecular flexibility index (Phi) is 3.45. The molecule has 110 valence electrons. The minimum atomic E-state index is -0.835. The third-order valence-corrected chi connectivity index (χ3v) is 4.43. The second kappa shape index (κ2) is 5.27. The number of carbonyl (C=O) groups is 1. The standard InChI is InChI=1S/C15H18N4O2/c1-9(15(20)21)10(2)19-14(16-17-18-19)13-7-11-5-3-4-6-12(11)8-13/h3-6,9-10,13H,7-8H2,1-2H3,(H,20,21). The van der Waals surface area contributed by atoms with Gasteiger partial charge in [-0.3, -0.25) is 4.79 Å². The zero-order valence-electron chi connectivity index (χ0n) is 12.1. The average molecular weight is 286 g/mol. The van der Waals surface area contributed by atoms with Crippen LogP contribution in [0, 0.1) is 5.92 Å². The van der Waals surface area contributed by atoms with Gasteiger partial charge in [-0.2, -0.15) is 0 Å². The van der Waals surface area contributed by atoms with Gasteiger partial charge < -0.3 is 5.11 Å². The molecule has 1 aromatic carbocycles. The average Bonchev–Trinajstić information content (AvgIpc) is 3.11. The van der Waals surface area contributed by atoms with Crippen molar-refractivity contribution in [2.75, 3.05) is 0 Å². The predicted molar refractivity (Wildman–Crippen MR) is 75.9 cm³/mol. The molecule has 0 saturated carbocycles. The van der Waals surface area contributed by atoms with Crippen molar-refractivity contribution in [1.82, 2.24) is 20.2 Å². The van der Waals surface area contributed by atoms with Crippen molar-refractivity contribution >= 4 is 5.97 Å². The number of nitrogens with zero attached hydrogens (tertiary/aromatic N) is 4. The van der Waals surface area contributed by atoms with E-state index >= 15 is 0 Å². The van der Waals surface area contributed by atoms with Crippen LogP contribution in [0.5, 0.6) is 0 Å². The van der Waals surface area contributed by atoms with E-state index in [4.69, 9.17) is 5.11 Å². The van der Waals surface area contributed by atoms with Crippen molar-refractivity contribution in [2.24, 2.45) is 5.92 Å². The molecule has 0 spiro atoms. The molecule has 2 unspecified atom stereocenters. The second-order valence-corrected chi connectivity index (χ2v) is 5.72. The number of carboxylic acid groups (broad SMARTS) is 1. The smallest absolute Gasteiger partial charge is 0.308 e. The second-order valence-electron chi connectivity index (χ2n) is 5.72. The van der Waals surface area contributed by atoms with Crippen LogP contribution in [-0.2, 0) is 17.6 Å². The van der Waals surface area contributed by atoms with Crippen LogP contribution in [0.2, 0.25) is 0 Å². The minimum absolute atomic E-state index is 0.223. The van der Waals surface area contributed by atoms with Crippen molar-refractivity contribution in [3.05, 3.63) is 41.2 Å². The van der Waals surface area contributed by atoms with E-state index in [-0.39, 0.29) is 12.0 Å². The van der Waals surface area contributed by atoms with E-state index in [0.717, 1.165) is 18.7 Å². The highest BCUT2D eigenvalue weighted by Crippen LogP contribution is 2.33. The molecule has 0 fully saturated rings. The number of hydrogen-bond donors (Lipinski definition) is 1. The molecule has 21 heavy (non-hydrogen) atoms. The normalized spacial score (nSPS) is 17.4. The summed E-state index contributed by atoms with van der Waals surface area (Å²) >= 11 is 0. The molecule has 0 bridgehead atoms. The number of aliphatic carboxylic acids is 1. The van der Waals surface area contributed by atoms with E-state index in [1.807, 2.05) is 19.1 Å². The molecule has 2 aromatic rings. The fourth-order valence-corrected chi connectivity index (χ4v) is 2.92. The minimum Gasteiger partial charge on any atom is -0.481 e. The van der Waals surface area contributed by atoms with Crippen LogP contribution in [0.1, 0.15) is 42.8 Å². The number of tetrazole rings is 1. The highest BCUT2D eigenvalue weighted by Gasteiger charge is 2.31. The topological polar surface area (TPSA) is 80.9 Å². The molecule has 0 saturated heterocycles. The first-order valence-electron chi connectivity index (χ1n) is 7.15. The highest BCUT2D eigenvalue weighted by molar-refractivity contribution is 5.70. The van der Waals surface area contributed by atoms with Gasteiger partial charge in [0, 0.05) is 5.92 Å². The molecular formula is C15H18N4O2. The lowest BCUT2D eigenvalue weighted by atomic mass is 10.0. The molecule has 1 aliphatic carbocycles. The molecule has 1 aliphatic rings. The number of hydrogen-bond acceptors (Lipinski definition) is 4. The van der Waals surface area contributed by atoms with Crippen molar-refractivity contribution in [2.45, 2.75) is 38.6 Å². The lowest BCUT2D eigenvalue weighted by Gasteiger charge is -2.19. The van der Waals surface area contributed by atoms with Gasteiger partial charge in [-0.1, -0.05) is 24.3 Å². The number of carboxylic acids is 1. The van der Waals surface area contributed by atoms with Gasteiger partial charge in [0.05, 0.1) is 12.0 Å². The summed E-state index contributed by atoms with van der Waals surface area (Å²) < 4.78 is 1.68. The summed E-state index contributed by atoms with van der Waals surface area (Å²) in [5, 5.41) is 21.1. The zero-order chi connectivity index (χ0) is 15.0. The van der Waals surface area contributed by atoms with Gasteiger partial charge in [-0.15, -0.1) is 5.10 Å². The maximum atomic E-state index is 11.2. The largest absolute Gasteiger partial charge is 0.481 e. The number of benzene rings is 1. The van der Waals surface area contributed by atoms with Gasteiger partial charge in [-0.05, 0) is 48.2 Å². The Morgan fingerprint density at radius 2 is 1.90 bits per heavy atom. The van der Waals surface area contributed by atoms with E-state index in [1.165, 1.54) is 11.1 Å². The lowest BCUT2D eigenvalue weighted by molar-refractivity contribution is -0.142. The zero-order valence-corrected chi connectivity index (χ0v) is 12.1. The third-order valence-electron chi connectivity index (χ3n) is 4.43. The van der Waals surface area contributed by atoms with Crippen LogP contribution in [0.4, 0.5) is 0 Å². The molecule has 3 rings (SSSR count). The van der Waals surface area contributed by atoms with Gasteiger partial charge in [0.15, 0.2) is 5.82 Å². The molecule has 6 heteroatoms. The first-order valence-corrected chi connectivity index (χ1v) is 7.15. The summed E-state index contributed by atoms with van der Waals surface area (Å²) in [6, 6.07) is 8.08. The molecule has 1 heterocycles. The predicted octanol–water partition coefficient (Wildman–Crippen LogP) is 1.84. The Labute approximate surface area is 122 Å². The summed E-state index contributed by atoms with van der Waals surface area (Å²) in [6.07, 6.45) is 1.81. The SMILES string of the molecule is CC(C(=O)O)C(C)n1nnnc1C1Cc2ccccc2C1. The lowest BCUT2D eigenvalue weighted by Crippen LogP contribution is -2.25. The Hall–Kier alpha value is -2.24. The van der Waals surface area contributed by atoms with Crippen LogP contribution < -0.4 is 0 Å². The molecule has 0 radical (unpaired) electrons. The van der Waals surface area contributed by atoms with Gasteiger partial charge >= 0.3 is 5.97 Å². The van der Waals surface area contributed by atoms with E-state index in [2.05, 4.69) is 27.7 Å². The molecule has 0 amide bonds. The number of rotatable bonds is 4. The molecule has 0 aliphatic heterocycles. The van der Waals surface area contributed by atoms with E-state index < -0.39 is 11.9 Å². The quantitative estimate of drug-likeness (QED) is 0.927. The number of fused-ring (bicyclic) bond motifs is 1. The Balaban J connectivity index is 1.86. The maximum Gasteiger partial charge on any atom is 0.308 e. The Morgan fingerprint density at radius 3 is 2.48 bits per heavy atom. The van der Waals surface area contributed by atoms with Crippen LogP contribution in [0.25, 0.3) is 0 Å². The van der Waals surface area contributed by atoms with Gasteiger partial charge in [-0.25, -0.2) is 4.68 Å². The van der Waals surface area contributed by atoms with Crippen molar-refractivity contribution in [3.63, 3.8) is 0 Å². The van der Waals surface area contributed by atoms with Crippen molar-refractivity contribution in [3.8, 4) is 0 Å². The Bertz CT molecular complexity index is 642. The van der Waals surface area contributed by atoms with Gasteiger partial charge in [0.1, 0.15) is 0 Å². The maximum absolute atomic E-state index is 11.2. The fourth-order valence-electron chi connectivity index (χ4n) is 2.92. The van der Waals surface area contributed by atoms with Gasteiger partial charge in [0.25, 0.3) is 0 Å². The molecule has 1 aromatic heterocycles. The van der Waals surface area contributed by atoms with Gasteiger partial charge in [0.2, 0.25) is 0 Å². The van der Waals surface area contributed by atoms with E-state index in [0.29, 0.717) is 0 Å². The molecule has 6 nitrogen and oxygen atoms in total. The summed E-state index contributed by atoms with van der Waals surface area (Å²) in [6.45, 7) is 3.53. The molecule has 1 N–H and O–H groups in total. The third kappa shape index (κ3) is 2.41. The highest BCUT2D eigenvalue weighted by atomic mass is 16.4. The van der Waals surface area contributed by atoms with E-state index in [9.17, 15) is 4.79 Å². The first-order chi connectivity index (χ1) is 10.1. The van der Waals surface area contributed by atoms with Crippen molar-refractivity contribution < 1.29 is 9.90 Å². The van der Waals surface area contributed by atoms with E-state index in [1.54, 1.807) is 11.6 Å². The Morgan fingerprint density at radius 1 is 1.29 bits per heavy atom.